The Hall–Kier alpha value is -0.820. The van der Waals surface area contributed by atoms with Crippen LogP contribution in [0.1, 0.15) is 24.0 Å². The van der Waals surface area contributed by atoms with Crippen LogP contribution in [0.25, 0.3) is 0 Å². The monoisotopic (exact) mass is 386 g/mol. The normalized spacial score (nSPS) is 10.7. The molecule has 0 spiro atoms. The highest BCUT2D eigenvalue weighted by atomic mass is 127. The van der Waals surface area contributed by atoms with E-state index in [-0.39, 0.29) is 5.56 Å². The summed E-state index contributed by atoms with van der Waals surface area (Å²) < 4.78 is 0.699. The van der Waals surface area contributed by atoms with Gasteiger partial charge in [-0.3, -0.25) is 4.79 Å². The first-order valence-corrected chi connectivity index (χ1v) is 8.13. The summed E-state index contributed by atoms with van der Waals surface area (Å²) in [5, 5.41) is 0. The van der Waals surface area contributed by atoms with Gasteiger partial charge < -0.3 is 4.98 Å². The average Bonchev–Trinajstić information content (AvgIpc) is 2.40. The first-order chi connectivity index (χ1) is 9.10. The van der Waals surface area contributed by atoms with Crippen molar-refractivity contribution in [3.05, 3.63) is 55.3 Å². The molecular weight excluding hydrogens is 371 g/mol. The van der Waals surface area contributed by atoms with E-state index in [9.17, 15) is 4.79 Å². The van der Waals surface area contributed by atoms with Gasteiger partial charge in [0.2, 0.25) is 0 Å². The lowest BCUT2D eigenvalue weighted by Crippen LogP contribution is -2.17. The lowest BCUT2D eigenvalue weighted by atomic mass is 10.2. The number of aryl methyl sites for hydroxylation is 2. The smallest absolute Gasteiger partial charge is 0.264 e. The van der Waals surface area contributed by atoms with E-state index in [0.717, 1.165) is 17.9 Å². The third-order valence-electron chi connectivity index (χ3n) is 2.68. The van der Waals surface area contributed by atoms with E-state index >= 15 is 0 Å². The van der Waals surface area contributed by atoms with Crippen LogP contribution in [0.15, 0.2) is 34.0 Å². The van der Waals surface area contributed by atoms with Crippen LogP contribution in [-0.4, -0.2) is 9.97 Å². The summed E-state index contributed by atoms with van der Waals surface area (Å²) in [7, 11) is 0. The molecule has 5 heteroatoms. The van der Waals surface area contributed by atoms with E-state index in [2.05, 4.69) is 57.7 Å². The van der Waals surface area contributed by atoms with Crippen molar-refractivity contribution < 1.29 is 0 Å². The van der Waals surface area contributed by atoms with Crippen LogP contribution in [0, 0.1) is 10.5 Å². The van der Waals surface area contributed by atoms with E-state index in [4.69, 9.17) is 0 Å². The van der Waals surface area contributed by atoms with Crippen LogP contribution in [0.3, 0.4) is 0 Å². The molecule has 0 radical (unpaired) electrons. The molecular formula is C14H15IN2OS. The Labute approximate surface area is 130 Å². The molecule has 0 saturated carbocycles. The Bertz CT molecular complexity index is 640. The standard InChI is InChI=1S/C14H15IN2OS/c1-3-11-13(15)14(18)17-12(16-11)8-19-10-6-4-5-9(2)7-10/h4-7H,3,8H2,1-2H3,(H,16,17,18). The van der Waals surface area contributed by atoms with Crippen molar-refractivity contribution in [2.75, 3.05) is 0 Å². The minimum atomic E-state index is -0.0349. The van der Waals surface area contributed by atoms with Crippen molar-refractivity contribution in [3.8, 4) is 0 Å². The highest BCUT2D eigenvalue weighted by molar-refractivity contribution is 14.1. The third-order valence-corrected chi connectivity index (χ3v) is 4.80. The summed E-state index contributed by atoms with van der Waals surface area (Å²) in [6, 6.07) is 8.32. The van der Waals surface area contributed by atoms with E-state index in [1.54, 1.807) is 11.8 Å². The van der Waals surface area contributed by atoms with Gasteiger partial charge in [-0.15, -0.1) is 11.8 Å². The number of thioether (sulfide) groups is 1. The molecule has 0 aliphatic heterocycles. The van der Waals surface area contributed by atoms with Gasteiger partial charge in [-0.1, -0.05) is 24.6 Å². The molecule has 1 heterocycles. The molecule has 0 amide bonds. The zero-order valence-corrected chi connectivity index (χ0v) is 13.8. The number of halogens is 1. The zero-order chi connectivity index (χ0) is 13.8. The lowest BCUT2D eigenvalue weighted by molar-refractivity contribution is 0.905. The quantitative estimate of drug-likeness (QED) is 0.646. The number of aromatic nitrogens is 2. The van der Waals surface area contributed by atoms with E-state index in [1.165, 1.54) is 10.5 Å². The summed E-state index contributed by atoms with van der Waals surface area (Å²) in [4.78, 5) is 20.3. The van der Waals surface area contributed by atoms with Crippen LogP contribution in [0.2, 0.25) is 0 Å². The molecule has 1 N–H and O–H groups in total. The summed E-state index contributed by atoms with van der Waals surface area (Å²) in [6.07, 6.45) is 0.782. The Morgan fingerprint density at radius 1 is 1.42 bits per heavy atom. The topological polar surface area (TPSA) is 45.8 Å². The van der Waals surface area contributed by atoms with E-state index in [0.29, 0.717) is 9.32 Å². The van der Waals surface area contributed by atoms with Gasteiger partial charge in [0.25, 0.3) is 5.56 Å². The fourth-order valence-corrected chi connectivity index (χ4v) is 3.24. The maximum Gasteiger partial charge on any atom is 0.264 e. The first kappa shape index (κ1) is 14.6. The molecule has 0 aliphatic carbocycles. The molecule has 2 rings (SSSR count). The lowest BCUT2D eigenvalue weighted by Gasteiger charge is -2.05. The molecule has 3 nitrogen and oxygen atoms in total. The van der Waals surface area contributed by atoms with Crippen LogP contribution in [0.5, 0.6) is 0 Å². The van der Waals surface area contributed by atoms with Crippen molar-refractivity contribution >= 4 is 34.4 Å². The molecule has 19 heavy (non-hydrogen) atoms. The molecule has 100 valence electrons. The molecule has 0 saturated heterocycles. The third kappa shape index (κ3) is 3.82. The number of nitrogens with one attached hydrogen (secondary N) is 1. The number of H-pyrrole nitrogens is 1. The van der Waals surface area contributed by atoms with Gasteiger partial charge >= 0.3 is 0 Å². The highest BCUT2D eigenvalue weighted by Crippen LogP contribution is 2.22. The molecule has 0 bridgehead atoms. The van der Waals surface area contributed by atoms with Gasteiger partial charge in [0.1, 0.15) is 5.82 Å². The Morgan fingerprint density at radius 3 is 2.89 bits per heavy atom. The predicted molar refractivity (Wildman–Crippen MR) is 87.7 cm³/mol. The number of hydrogen-bond acceptors (Lipinski definition) is 3. The van der Waals surface area contributed by atoms with Crippen LogP contribution >= 0.6 is 34.4 Å². The molecule has 2 aromatic rings. The number of nitrogens with zero attached hydrogens (tertiary/aromatic N) is 1. The summed E-state index contributed by atoms with van der Waals surface area (Å²) in [5.41, 5.74) is 2.08. The summed E-state index contributed by atoms with van der Waals surface area (Å²) in [5.74, 6) is 1.43. The number of benzene rings is 1. The fourth-order valence-electron chi connectivity index (χ4n) is 1.72. The molecule has 0 atom stereocenters. The number of aromatic amines is 1. The second kappa shape index (κ2) is 6.56. The molecule has 1 aromatic carbocycles. The molecule has 0 unspecified atom stereocenters. The van der Waals surface area contributed by atoms with Crippen LogP contribution in [0.4, 0.5) is 0 Å². The van der Waals surface area contributed by atoms with Crippen molar-refractivity contribution in [2.45, 2.75) is 30.9 Å². The van der Waals surface area contributed by atoms with Gasteiger partial charge in [-0.2, -0.15) is 0 Å². The molecule has 0 aliphatic rings. The van der Waals surface area contributed by atoms with Crippen LogP contribution < -0.4 is 5.56 Å². The van der Waals surface area contributed by atoms with E-state index < -0.39 is 0 Å². The van der Waals surface area contributed by atoms with Gasteiger partial charge in [-0.25, -0.2) is 4.98 Å². The Balaban J connectivity index is 2.16. The maximum absolute atomic E-state index is 11.8. The van der Waals surface area contributed by atoms with Crippen molar-refractivity contribution in [1.82, 2.24) is 9.97 Å². The van der Waals surface area contributed by atoms with Crippen molar-refractivity contribution in [1.29, 1.82) is 0 Å². The summed E-state index contributed by atoms with van der Waals surface area (Å²) in [6.45, 7) is 4.09. The fraction of sp³-hybridized carbons (Fsp3) is 0.286. The minimum absolute atomic E-state index is 0.0349. The van der Waals surface area contributed by atoms with Crippen LogP contribution in [-0.2, 0) is 12.2 Å². The molecule has 0 fully saturated rings. The van der Waals surface area contributed by atoms with Gasteiger partial charge in [0.05, 0.1) is 15.0 Å². The van der Waals surface area contributed by atoms with Crippen molar-refractivity contribution in [3.63, 3.8) is 0 Å². The van der Waals surface area contributed by atoms with Crippen molar-refractivity contribution in [2.24, 2.45) is 0 Å². The van der Waals surface area contributed by atoms with E-state index in [1.807, 2.05) is 13.0 Å². The SMILES string of the molecule is CCc1nc(CSc2cccc(C)c2)[nH]c(=O)c1I. The average molecular weight is 386 g/mol. The first-order valence-electron chi connectivity index (χ1n) is 6.07. The second-order valence-corrected chi connectivity index (χ2v) is 6.36. The van der Waals surface area contributed by atoms with Gasteiger partial charge in [-0.05, 0) is 48.1 Å². The number of hydrogen-bond donors (Lipinski definition) is 1. The summed E-state index contributed by atoms with van der Waals surface area (Å²) >= 11 is 3.74. The number of rotatable bonds is 4. The second-order valence-electron chi connectivity index (χ2n) is 4.23. The van der Waals surface area contributed by atoms with Gasteiger partial charge in [0, 0.05) is 4.90 Å². The minimum Gasteiger partial charge on any atom is -0.309 e. The highest BCUT2D eigenvalue weighted by Gasteiger charge is 2.07. The Morgan fingerprint density at radius 2 is 2.21 bits per heavy atom. The maximum atomic E-state index is 11.8. The zero-order valence-electron chi connectivity index (χ0n) is 10.9. The largest absolute Gasteiger partial charge is 0.309 e. The van der Waals surface area contributed by atoms with Gasteiger partial charge in [0.15, 0.2) is 0 Å². The Kier molecular flexibility index (Phi) is 5.04. The molecule has 1 aromatic heterocycles. The predicted octanol–water partition coefficient (Wildman–Crippen LogP) is 3.54.